The third kappa shape index (κ3) is 4.02. The summed E-state index contributed by atoms with van der Waals surface area (Å²) in [6.45, 7) is 0.227. The van der Waals surface area contributed by atoms with Gasteiger partial charge in [-0.25, -0.2) is 9.59 Å². The van der Waals surface area contributed by atoms with Gasteiger partial charge in [-0.1, -0.05) is 0 Å². The van der Waals surface area contributed by atoms with Crippen molar-refractivity contribution >= 4 is 29.7 Å². The molecule has 1 atom stereocenters. The van der Waals surface area contributed by atoms with E-state index in [1.54, 1.807) is 0 Å². The molecular formula is C11H17N3O4S. The Morgan fingerprint density at radius 3 is 2.68 bits per heavy atom. The summed E-state index contributed by atoms with van der Waals surface area (Å²) >= 11 is 1.41. The summed E-state index contributed by atoms with van der Waals surface area (Å²) in [6.07, 6.45) is 2.29. The number of hydrogen-bond acceptors (Lipinski definition) is 4. The van der Waals surface area contributed by atoms with E-state index in [4.69, 9.17) is 5.11 Å². The Morgan fingerprint density at radius 1 is 1.32 bits per heavy atom. The van der Waals surface area contributed by atoms with Gasteiger partial charge in [0.25, 0.3) is 0 Å². The van der Waals surface area contributed by atoms with E-state index in [1.165, 1.54) is 16.7 Å². The smallest absolute Gasteiger partial charge is 0.327 e. The molecule has 1 aliphatic heterocycles. The first-order valence-corrected chi connectivity index (χ1v) is 7.38. The first-order chi connectivity index (χ1) is 9.08. The van der Waals surface area contributed by atoms with Gasteiger partial charge in [-0.15, -0.1) is 11.8 Å². The third-order valence-electron chi connectivity index (χ3n) is 3.00. The zero-order chi connectivity index (χ0) is 13.8. The second kappa shape index (κ2) is 6.14. The summed E-state index contributed by atoms with van der Waals surface area (Å²) in [5.41, 5.74) is 0. The van der Waals surface area contributed by atoms with Crippen LogP contribution in [0.1, 0.15) is 19.3 Å². The van der Waals surface area contributed by atoms with E-state index in [9.17, 15) is 14.4 Å². The molecule has 2 aliphatic rings. The highest BCUT2D eigenvalue weighted by Crippen LogP contribution is 2.21. The average molecular weight is 287 g/mol. The van der Waals surface area contributed by atoms with Gasteiger partial charge in [-0.05, 0) is 12.8 Å². The van der Waals surface area contributed by atoms with Crippen LogP contribution in [0.3, 0.4) is 0 Å². The van der Waals surface area contributed by atoms with Crippen LogP contribution in [0.25, 0.3) is 0 Å². The fourth-order valence-corrected chi connectivity index (χ4v) is 2.90. The van der Waals surface area contributed by atoms with Crippen molar-refractivity contribution in [3.63, 3.8) is 0 Å². The first-order valence-electron chi connectivity index (χ1n) is 6.22. The number of nitrogens with zero attached hydrogens (tertiary/aromatic N) is 1. The lowest BCUT2D eigenvalue weighted by Gasteiger charge is -2.20. The quantitative estimate of drug-likeness (QED) is 0.652. The zero-order valence-corrected chi connectivity index (χ0v) is 11.2. The maximum absolute atomic E-state index is 11.8. The Kier molecular flexibility index (Phi) is 4.52. The van der Waals surface area contributed by atoms with Crippen molar-refractivity contribution in [2.45, 2.75) is 31.3 Å². The molecule has 1 saturated heterocycles. The molecule has 106 valence electrons. The van der Waals surface area contributed by atoms with Gasteiger partial charge in [0, 0.05) is 24.8 Å². The van der Waals surface area contributed by atoms with Gasteiger partial charge in [0.2, 0.25) is 5.91 Å². The highest BCUT2D eigenvalue weighted by molar-refractivity contribution is 7.99. The molecule has 19 heavy (non-hydrogen) atoms. The first kappa shape index (κ1) is 14.0. The predicted molar refractivity (Wildman–Crippen MR) is 69.8 cm³/mol. The van der Waals surface area contributed by atoms with Gasteiger partial charge in [0.15, 0.2) is 0 Å². The molecule has 2 fully saturated rings. The maximum Gasteiger partial charge on any atom is 0.327 e. The molecule has 0 aromatic heterocycles. The number of hydrogen-bond donors (Lipinski definition) is 3. The molecule has 0 unspecified atom stereocenters. The van der Waals surface area contributed by atoms with E-state index in [0.29, 0.717) is 17.7 Å². The summed E-state index contributed by atoms with van der Waals surface area (Å²) in [5.74, 6) is -0.290. The Labute approximate surface area is 115 Å². The summed E-state index contributed by atoms with van der Waals surface area (Å²) < 4.78 is 0. The Hall–Kier alpha value is -1.44. The number of urea groups is 1. The summed E-state index contributed by atoms with van der Waals surface area (Å²) in [5, 5.41) is 14.4. The SMILES string of the molecule is O=C(CCNC(=O)N1CSC[C@H]1C(=O)O)NC1CC1. The molecule has 8 heteroatoms. The molecule has 1 aliphatic carbocycles. The van der Waals surface area contributed by atoms with Gasteiger partial charge < -0.3 is 20.6 Å². The van der Waals surface area contributed by atoms with Gasteiger partial charge in [-0.2, -0.15) is 0 Å². The van der Waals surface area contributed by atoms with Crippen LogP contribution >= 0.6 is 11.8 Å². The zero-order valence-electron chi connectivity index (χ0n) is 10.4. The van der Waals surface area contributed by atoms with E-state index in [2.05, 4.69) is 10.6 Å². The molecule has 1 heterocycles. The number of thioether (sulfide) groups is 1. The van der Waals surface area contributed by atoms with Crippen molar-refractivity contribution in [3.8, 4) is 0 Å². The second-order valence-electron chi connectivity index (χ2n) is 4.65. The number of aliphatic carboxylic acids is 1. The van der Waals surface area contributed by atoms with E-state index in [1.807, 2.05) is 0 Å². The minimum atomic E-state index is -0.994. The number of rotatable bonds is 5. The predicted octanol–water partition coefficient (Wildman–Crippen LogP) is -0.176. The monoisotopic (exact) mass is 287 g/mol. The van der Waals surface area contributed by atoms with Crippen LogP contribution in [0.5, 0.6) is 0 Å². The highest BCUT2D eigenvalue weighted by Gasteiger charge is 2.34. The van der Waals surface area contributed by atoms with E-state index in [0.717, 1.165) is 12.8 Å². The van der Waals surface area contributed by atoms with Crippen molar-refractivity contribution < 1.29 is 19.5 Å². The normalized spacial score (nSPS) is 22.1. The Balaban J connectivity index is 1.68. The van der Waals surface area contributed by atoms with Gasteiger partial charge in [0.1, 0.15) is 6.04 Å². The number of carbonyl (C=O) groups excluding carboxylic acids is 2. The number of carboxylic acids is 1. The standard InChI is InChI=1S/C11H17N3O4S/c15-9(13-7-1-2-7)3-4-12-11(18)14-6-19-5-8(14)10(16)17/h7-8H,1-6H2,(H,12,18)(H,13,15)(H,16,17)/t8-/m0/s1. The van der Waals surface area contributed by atoms with Crippen molar-refractivity contribution in [2.24, 2.45) is 0 Å². The molecule has 2 rings (SSSR count). The van der Waals surface area contributed by atoms with Gasteiger partial charge in [-0.3, -0.25) is 4.79 Å². The third-order valence-corrected chi connectivity index (χ3v) is 4.01. The lowest BCUT2D eigenvalue weighted by molar-refractivity contribution is -0.140. The molecule has 1 saturated carbocycles. The molecule has 0 aromatic carbocycles. The molecule has 0 radical (unpaired) electrons. The van der Waals surface area contributed by atoms with E-state index < -0.39 is 18.0 Å². The van der Waals surface area contributed by atoms with Crippen LogP contribution in [-0.4, -0.2) is 58.2 Å². The van der Waals surface area contributed by atoms with Crippen LogP contribution in [-0.2, 0) is 9.59 Å². The summed E-state index contributed by atoms with van der Waals surface area (Å²) in [7, 11) is 0. The number of carbonyl (C=O) groups is 3. The lowest BCUT2D eigenvalue weighted by Crippen LogP contribution is -2.47. The van der Waals surface area contributed by atoms with Crippen LogP contribution < -0.4 is 10.6 Å². The number of nitrogens with one attached hydrogen (secondary N) is 2. The molecule has 0 spiro atoms. The van der Waals surface area contributed by atoms with E-state index in [-0.39, 0.29) is 18.9 Å². The van der Waals surface area contributed by atoms with Crippen molar-refractivity contribution in [1.82, 2.24) is 15.5 Å². The van der Waals surface area contributed by atoms with Crippen LogP contribution in [0.15, 0.2) is 0 Å². The van der Waals surface area contributed by atoms with Crippen molar-refractivity contribution in [2.75, 3.05) is 18.2 Å². The molecule has 0 bridgehead atoms. The minimum Gasteiger partial charge on any atom is -0.480 e. The molecular weight excluding hydrogens is 270 g/mol. The largest absolute Gasteiger partial charge is 0.480 e. The molecule has 3 amide bonds. The molecule has 3 N–H and O–H groups in total. The van der Waals surface area contributed by atoms with Crippen LogP contribution in [0.2, 0.25) is 0 Å². The van der Waals surface area contributed by atoms with Crippen LogP contribution in [0, 0.1) is 0 Å². The second-order valence-corrected chi connectivity index (χ2v) is 5.65. The van der Waals surface area contributed by atoms with Gasteiger partial charge >= 0.3 is 12.0 Å². The number of carboxylic acid groups (broad SMARTS) is 1. The average Bonchev–Trinajstić information content (AvgIpc) is 3.01. The fraction of sp³-hybridized carbons (Fsp3) is 0.727. The maximum atomic E-state index is 11.8. The fourth-order valence-electron chi connectivity index (χ4n) is 1.76. The molecule has 7 nitrogen and oxygen atoms in total. The molecule has 0 aromatic rings. The topological polar surface area (TPSA) is 98.7 Å². The summed E-state index contributed by atoms with van der Waals surface area (Å²) in [4.78, 5) is 35.4. The Morgan fingerprint density at radius 2 is 2.05 bits per heavy atom. The highest BCUT2D eigenvalue weighted by atomic mass is 32.2. The Bertz CT molecular complexity index is 386. The van der Waals surface area contributed by atoms with Crippen molar-refractivity contribution in [1.29, 1.82) is 0 Å². The summed E-state index contributed by atoms with van der Waals surface area (Å²) in [6, 6.07) is -0.878. The van der Waals surface area contributed by atoms with Crippen molar-refractivity contribution in [3.05, 3.63) is 0 Å². The lowest BCUT2D eigenvalue weighted by atomic mass is 10.3. The van der Waals surface area contributed by atoms with Gasteiger partial charge in [0.05, 0.1) is 5.88 Å². The van der Waals surface area contributed by atoms with Crippen LogP contribution in [0.4, 0.5) is 4.79 Å². The van der Waals surface area contributed by atoms with E-state index >= 15 is 0 Å². The minimum absolute atomic E-state index is 0.0756. The number of amides is 3.